The highest BCUT2D eigenvalue weighted by atomic mass is 35.5. The Balaban J connectivity index is 2.47. The maximum atomic E-state index is 11.8. The molecule has 19 heavy (non-hydrogen) atoms. The fraction of sp³-hybridized carbons (Fsp3) is 0.0833. The van der Waals surface area contributed by atoms with Crippen molar-refractivity contribution < 1.29 is 19.5 Å². The van der Waals surface area contributed by atoms with Crippen molar-refractivity contribution in [1.82, 2.24) is 4.90 Å². The molecule has 1 aromatic carbocycles. The molecule has 0 bridgehead atoms. The maximum Gasteiger partial charge on any atom is 0.331 e. The van der Waals surface area contributed by atoms with Crippen molar-refractivity contribution >= 4 is 41.0 Å². The zero-order valence-corrected chi connectivity index (χ0v) is 10.9. The molecule has 5 nitrogen and oxygen atoms in total. The third-order valence-electron chi connectivity index (χ3n) is 2.61. The fourth-order valence-corrected chi connectivity index (χ4v) is 2.11. The second kappa shape index (κ2) is 5.03. The summed E-state index contributed by atoms with van der Waals surface area (Å²) >= 11 is 11.2. The predicted molar refractivity (Wildman–Crippen MR) is 67.4 cm³/mol. The summed E-state index contributed by atoms with van der Waals surface area (Å²) in [5.41, 5.74) is 0.285. The minimum absolute atomic E-state index is 0.285. The van der Waals surface area contributed by atoms with Crippen LogP contribution in [0.1, 0.15) is 11.6 Å². The molecule has 0 aliphatic carbocycles. The Morgan fingerprint density at radius 3 is 1.95 bits per heavy atom. The highest BCUT2D eigenvalue weighted by molar-refractivity contribution is 6.58. The Morgan fingerprint density at radius 1 is 1.05 bits per heavy atom. The van der Waals surface area contributed by atoms with E-state index in [1.54, 1.807) is 18.2 Å². The lowest BCUT2D eigenvalue weighted by Gasteiger charge is -2.22. The number of hydrogen-bond donors (Lipinski definition) is 1. The lowest BCUT2D eigenvalue weighted by molar-refractivity contribution is -0.153. The molecular formula is C12H7Cl2NO4. The first-order valence-corrected chi connectivity index (χ1v) is 5.91. The van der Waals surface area contributed by atoms with E-state index in [-0.39, 0.29) is 5.56 Å². The monoisotopic (exact) mass is 299 g/mol. The topological polar surface area (TPSA) is 74.7 Å². The van der Waals surface area contributed by atoms with E-state index < -0.39 is 33.9 Å². The zero-order valence-electron chi connectivity index (χ0n) is 9.34. The molecule has 0 saturated heterocycles. The maximum absolute atomic E-state index is 11.8. The minimum atomic E-state index is -1.45. The molecule has 98 valence electrons. The van der Waals surface area contributed by atoms with Crippen LogP contribution in [0.2, 0.25) is 0 Å². The lowest BCUT2D eigenvalue weighted by Crippen LogP contribution is -2.39. The molecular weight excluding hydrogens is 293 g/mol. The molecule has 0 radical (unpaired) electrons. The average molecular weight is 300 g/mol. The van der Waals surface area contributed by atoms with Gasteiger partial charge in [0.05, 0.1) is 0 Å². The molecule has 0 spiro atoms. The Hall–Kier alpha value is -1.85. The van der Waals surface area contributed by atoms with E-state index in [9.17, 15) is 19.5 Å². The van der Waals surface area contributed by atoms with Gasteiger partial charge in [0.1, 0.15) is 10.1 Å². The van der Waals surface area contributed by atoms with Gasteiger partial charge in [-0.25, -0.2) is 4.79 Å². The van der Waals surface area contributed by atoms with E-state index in [2.05, 4.69) is 0 Å². The van der Waals surface area contributed by atoms with E-state index in [1.807, 2.05) is 0 Å². The number of carbonyl (C=O) groups is 3. The van der Waals surface area contributed by atoms with Crippen molar-refractivity contribution in [1.29, 1.82) is 0 Å². The summed E-state index contributed by atoms with van der Waals surface area (Å²) in [6.45, 7) is 0. The van der Waals surface area contributed by atoms with Crippen LogP contribution in [0.3, 0.4) is 0 Å². The number of nitrogens with zero attached hydrogens (tertiary/aromatic N) is 1. The van der Waals surface area contributed by atoms with Gasteiger partial charge in [-0.3, -0.25) is 14.5 Å². The summed E-state index contributed by atoms with van der Waals surface area (Å²) in [4.78, 5) is 35.5. The van der Waals surface area contributed by atoms with Crippen molar-refractivity contribution in [2.24, 2.45) is 0 Å². The molecule has 1 atom stereocenters. The van der Waals surface area contributed by atoms with Gasteiger partial charge >= 0.3 is 5.97 Å². The van der Waals surface area contributed by atoms with Gasteiger partial charge in [-0.1, -0.05) is 53.5 Å². The summed E-state index contributed by atoms with van der Waals surface area (Å²) in [5, 5.41) is 8.32. The molecule has 7 heteroatoms. The van der Waals surface area contributed by atoms with Crippen LogP contribution >= 0.6 is 23.2 Å². The number of hydrogen-bond acceptors (Lipinski definition) is 3. The van der Waals surface area contributed by atoms with Crippen LogP contribution in [-0.4, -0.2) is 27.8 Å². The number of aliphatic carboxylic acids is 1. The normalized spacial score (nSPS) is 17.1. The Morgan fingerprint density at radius 2 is 1.53 bits per heavy atom. The van der Waals surface area contributed by atoms with Crippen molar-refractivity contribution in [2.45, 2.75) is 6.04 Å². The van der Waals surface area contributed by atoms with Crippen LogP contribution < -0.4 is 0 Å². The van der Waals surface area contributed by atoms with Crippen LogP contribution in [0.25, 0.3) is 0 Å². The highest BCUT2D eigenvalue weighted by Gasteiger charge is 2.44. The zero-order chi connectivity index (χ0) is 14.2. The largest absolute Gasteiger partial charge is 0.479 e. The Labute approximate surface area is 118 Å². The number of rotatable bonds is 3. The predicted octanol–water partition coefficient (Wildman–Crippen LogP) is 1.87. The van der Waals surface area contributed by atoms with Gasteiger partial charge in [0.15, 0.2) is 6.04 Å². The van der Waals surface area contributed by atoms with Gasteiger partial charge in [-0.2, -0.15) is 0 Å². The molecule has 1 aromatic rings. The molecule has 0 saturated carbocycles. The molecule has 0 fully saturated rings. The minimum Gasteiger partial charge on any atom is -0.479 e. The first-order valence-electron chi connectivity index (χ1n) is 5.16. The number of carbonyl (C=O) groups excluding carboxylic acids is 2. The molecule has 0 aromatic heterocycles. The van der Waals surface area contributed by atoms with Crippen LogP contribution in [0.15, 0.2) is 40.4 Å². The third kappa shape index (κ3) is 2.22. The smallest absolute Gasteiger partial charge is 0.331 e. The number of carboxylic acid groups (broad SMARTS) is 1. The van der Waals surface area contributed by atoms with Gasteiger partial charge in [0.2, 0.25) is 0 Å². The standard InChI is InChI=1S/C12H7Cl2NO4/c13-7-8(14)11(17)15(10(7)16)9(12(18)19)6-4-2-1-3-5-6/h1-5,9H,(H,18,19). The van der Waals surface area contributed by atoms with Gasteiger partial charge in [-0.05, 0) is 5.56 Å². The summed E-state index contributed by atoms with van der Waals surface area (Å²) in [6.07, 6.45) is 0. The van der Waals surface area contributed by atoms with Crippen molar-refractivity contribution in [3.8, 4) is 0 Å². The number of carboxylic acids is 1. The van der Waals surface area contributed by atoms with Gasteiger partial charge < -0.3 is 5.11 Å². The summed E-state index contributed by atoms with van der Waals surface area (Å²) < 4.78 is 0. The first kappa shape index (κ1) is 13.6. The molecule has 1 N–H and O–H groups in total. The van der Waals surface area contributed by atoms with Crippen LogP contribution in [0, 0.1) is 0 Å². The Bertz CT molecular complexity index is 573. The summed E-state index contributed by atoms with van der Waals surface area (Å²) in [7, 11) is 0. The van der Waals surface area contributed by atoms with Crippen molar-refractivity contribution in [3.63, 3.8) is 0 Å². The van der Waals surface area contributed by atoms with E-state index >= 15 is 0 Å². The third-order valence-corrected chi connectivity index (χ3v) is 3.41. The quantitative estimate of drug-likeness (QED) is 0.865. The van der Waals surface area contributed by atoms with E-state index in [1.165, 1.54) is 12.1 Å². The number of amides is 2. The molecule has 1 aliphatic heterocycles. The van der Waals surface area contributed by atoms with E-state index in [0.717, 1.165) is 0 Å². The number of halogens is 2. The van der Waals surface area contributed by atoms with Gasteiger partial charge in [0, 0.05) is 0 Å². The number of benzene rings is 1. The molecule has 1 unspecified atom stereocenters. The number of imide groups is 1. The van der Waals surface area contributed by atoms with Crippen LogP contribution in [0.4, 0.5) is 0 Å². The van der Waals surface area contributed by atoms with E-state index in [4.69, 9.17) is 23.2 Å². The average Bonchev–Trinajstić information content (AvgIpc) is 2.58. The highest BCUT2D eigenvalue weighted by Crippen LogP contribution is 2.33. The molecule has 2 rings (SSSR count). The second-order valence-electron chi connectivity index (χ2n) is 3.76. The van der Waals surface area contributed by atoms with Gasteiger partial charge in [-0.15, -0.1) is 0 Å². The SMILES string of the molecule is O=C(O)C(c1ccccc1)N1C(=O)C(Cl)=C(Cl)C1=O. The van der Waals surface area contributed by atoms with E-state index in [0.29, 0.717) is 4.90 Å². The summed E-state index contributed by atoms with van der Waals surface area (Å²) in [5.74, 6) is -3.16. The second-order valence-corrected chi connectivity index (χ2v) is 4.52. The van der Waals surface area contributed by atoms with Crippen molar-refractivity contribution in [2.75, 3.05) is 0 Å². The van der Waals surface area contributed by atoms with Crippen LogP contribution in [0.5, 0.6) is 0 Å². The fourth-order valence-electron chi connectivity index (χ4n) is 1.76. The lowest BCUT2D eigenvalue weighted by atomic mass is 10.1. The summed E-state index contributed by atoms with van der Waals surface area (Å²) in [6, 6.07) is 6.44. The van der Waals surface area contributed by atoms with Crippen molar-refractivity contribution in [3.05, 3.63) is 46.0 Å². The Kier molecular flexibility index (Phi) is 3.59. The molecule has 1 aliphatic rings. The molecule has 1 heterocycles. The molecule has 2 amide bonds. The van der Waals surface area contributed by atoms with Crippen LogP contribution in [-0.2, 0) is 14.4 Å². The first-order chi connectivity index (χ1) is 8.95. The van der Waals surface area contributed by atoms with Gasteiger partial charge in [0.25, 0.3) is 11.8 Å².